The summed E-state index contributed by atoms with van der Waals surface area (Å²) in [5.41, 5.74) is 0. The van der Waals surface area contributed by atoms with E-state index >= 15 is 0 Å². The molecule has 1 fully saturated rings. The molecule has 0 aromatic carbocycles. The number of rotatable bonds is 4. The third-order valence-corrected chi connectivity index (χ3v) is 3.72. The van der Waals surface area contributed by atoms with E-state index in [0.717, 1.165) is 37.5 Å². The second kappa shape index (κ2) is 6.01. The maximum atomic E-state index is 11.6. The first-order valence-corrected chi connectivity index (χ1v) is 6.59. The topological polar surface area (TPSA) is 38.3 Å². The molecule has 4 heteroatoms. The van der Waals surface area contributed by atoms with Gasteiger partial charge in [0.05, 0.1) is 6.42 Å². The van der Waals surface area contributed by atoms with Gasteiger partial charge < -0.3 is 10.1 Å². The Labute approximate surface area is 99.8 Å². The molecule has 2 rings (SSSR count). The third kappa shape index (κ3) is 3.61. The zero-order chi connectivity index (χ0) is 11.2. The number of thiophene rings is 1. The minimum atomic E-state index is 0.133. The van der Waals surface area contributed by atoms with Crippen LogP contribution in [0.3, 0.4) is 0 Å². The largest absolute Gasteiger partial charge is 0.381 e. The number of carbonyl (C=O) groups excluding carboxylic acids is 1. The average Bonchev–Trinajstić information content (AvgIpc) is 2.81. The normalized spacial score (nSPS) is 17.2. The van der Waals surface area contributed by atoms with Crippen LogP contribution in [0.15, 0.2) is 17.5 Å². The molecule has 1 amide bonds. The van der Waals surface area contributed by atoms with Gasteiger partial charge >= 0.3 is 0 Å². The van der Waals surface area contributed by atoms with E-state index in [4.69, 9.17) is 4.74 Å². The lowest BCUT2D eigenvalue weighted by Gasteiger charge is -2.22. The SMILES string of the molecule is O=C(Cc1cccs1)NCC1CCOCC1. The number of hydrogen-bond acceptors (Lipinski definition) is 3. The highest BCUT2D eigenvalue weighted by Gasteiger charge is 2.14. The van der Waals surface area contributed by atoms with Gasteiger partial charge in [-0.25, -0.2) is 0 Å². The van der Waals surface area contributed by atoms with Gasteiger partial charge in [0.25, 0.3) is 0 Å². The van der Waals surface area contributed by atoms with Crippen LogP contribution in [-0.4, -0.2) is 25.7 Å². The van der Waals surface area contributed by atoms with Gasteiger partial charge in [-0.1, -0.05) is 6.07 Å². The fourth-order valence-corrected chi connectivity index (χ4v) is 2.55. The predicted molar refractivity (Wildman–Crippen MR) is 64.6 cm³/mol. The van der Waals surface area contributed by atoms with Crippen LogP contribution in [0.25, 0.3) is 0 Å². The molecule has 0 bridgehead atoms. The Morgan fingerprint density at radius 3 is 3.00 bits per heavy atom. The Kier molecular flexibility index (Phi) is 4.36. The van der Waals surface area contributed by atoms with Crippen LogP contribution in [0.5, 0.6) is 0 Å². The van der Waals surface area contributed by atoms with E-state index in [1.807, 2.05) is 17.5 Å². The van der Waals surface area contributed by atoms with Crippen LogP contribution < -0.4 is 5.32 Å². The summed E-state index contributed by atoms with van der Waals surface area (Å²) in [6, 6.07) is 3.98. The second-order valence-electron chi connectivity index (χ2n) is 4.12. The molecule has 0 atom stereocenters. The van der Waals surface area contributed by atoms with Crippen molar-refractivity contribution in [2.45, 2.75) is 19.3 Å². The molecule has 0 spiro atoms. The van der Waals surface area contributed by atoms with Crippen molar-refractivity contribution < 1.29 is 9.53 Å². The highest BCUT2D eigenvalue weighted by atomic mass is 32.1. The van der Waals surface area contributed by atoms with Gasteiger partial charge in [-0.2, -0.15) is 0 Å². The number of ether oxygens (including phenoxy) is 1. The fraction of sp³-hybridized carbons (Fsp3) is 0.583. The third-order valence-electron chi connectivity index (χ3n) is 2.84. The van der Waals surface area contributed by atoms with Crippen molar-refractivity contribution in [3.8, 4) is 0 Å². The van der Waals surface area contributed by atoms with Crippen LogP contribution in [0, 0.1) is 5.92 Å². The first-order chi connectivity index (χ1) is 7.84. The molecule has 88 valence electrons. The molecule has 1 aliphatic rings. The van der Waals surface area contributed by atoms with E-state index in [2.05, 4.69) is 5.32 Å². The highest BCUT2D eigenvalue weighted by Crippen LogP contribution is 2.13. The van der Waals surface area contributed by atoms with Crippen molar-refractivity contribution in [2.75, 3.05) is 19.8 Å². The summed E-state index contributed by atoms with van der Waals surface area (Å²) < 4.78 is 5.28. The summed E-state index contributed by atoms with van der Waals surface area (Å²) in [4.78, 5) is 12.7. The van der Waals surface area contributed by atoms with E-state index in [-0.39, 0.29) is 5.91 Å². The molecule has 16 heavy (non-hydrogen) atoms. The smallest absolute Gasteiger partial charge is 0.225 e. The molecule has 1 aliphatic heterocycles. The summed E-state index contributed by atoms with van der Waals surface area (Å²) in [5, 5.41) is 5.00. The molecule has 1 saturated heterocycles. The lowest BCUT2D eigenvalue weighted by atomic mass is 10.0. The standard InChI is InChI=1S/C12H17NO2S/c14-12(8-11-2-1-7-16-11)13-9-10-3-5-15-6-4-10/h1-2,7,10H,3-6,8-9H2,(H,13,14). The Morgan fingerprint density at radius 1 is 1.50 bits per heavy atom. The zero-order valence-corrected chi connectivity index (χ0v) is 10.1. The summed E-state index contributed by atoms with van der Waals surface area (Å²) >= 11 is 1.63. The number of nitrogens with one attached hydrogen (secondary N) is 1. The van der Waals surface area contributed by atoms with Crippen LogP contribution >= 0.6 is 11.3 Å². The van der Waals surface area contributed by atoms with Gasteiger partial charge in [0.2, 0.25) is 5.91 Å². The van der Waals surface area contributed by atoms with Crippen molar-refractivity contribution in [3.05, 3.63) is 22.4 Å². The molecule has 0 saturated carbocycles. The molecule has 1 N–H and O–H groups in total. The van der Waals surface area contributed by atoms with E-state index in [1.165, 1.54) is 0 Å². The van der Waals surface area contributed by atoms with E-state index in [9.17, 15) is 4.79 Å². The monoisotopic (exact) mass is 239 g/mol. The summed E-state index contributed by atoms with van der Waals surface area (Å²) in [6.07, 6.45) is 2.65. The van der Waals surface area contributed by atoms with Crippen molar-refractivity contribution in [1.29, 1.82) is 0 Å². The minimum Gasteiger partial charge on any atom is -0.381 e. The maximum Gasteiger partial charge on any atom is 0.225 e. The highest BCUT2D eigenvalue weighted by molar-refractivity contribution is 7.10. The van der Waals surface area contributed by atoms with E-state index < -0.39 is 0 Å². The molecule has 1 aromatic rings. The van der Waals surface area contributed by atoms with Crippen LogP contribution in [0.1, 0.15) is 17.7 Å². The van der Waals surface area contributed by atoms with Gasteiger partial charge in [-0.15, -0.1) is 11.3 Å². The Balaban J connectivity index is 1.67. The van der Waals surface area contributed by atoms with Crippen LogP contribution in [0.2, 0.25) is 0 Å². The Morgan fingerprint density at radius 2 is 2.31 bits per heavy atom. The molecular weight excluding hydrogens is 222 g/mol. The minimum absolute atomic E-state index is 0.133. The number of amides is 1. The first-order valence-electron chi connectivity index (χ1n) is 5.71. The van der Waals surface area contributed by atoms with Crippen molar-refractivity contribution in [1.82, 2.24) is 5.32 Å². The fourth-order valence-electron chi connectivity index (χ4n) is 1.84. The number of hydrogen-bond donors (Lipinski definition) is 1. The van der Waals surface area contributed by atoms with Crippen molar-refractivity contribution in [3.63, 3.8) is 0 Å². The second-order valence-corrected chi connectivity index (χ2v) is 5.15. The van der Waals surface area contributed by atoms with Gasteiger partial charge in [0, 0.05) is 24.6 Å². The van der Waals surface area contributed by atoms with Gasteiger partial charge in [0.1, 0.15) is 0 Å². The molecule has 0 unspecified atom stereocenters. The zero-order valence-electron chi connectivity index (χ0n) is 9.28. The van der Waals surface area contributed by atoms with Crippen LogP contribution in [0.4, 0.5) is 0 Å². The summed E-state index contributed by atoms with van der Waals surface area (Å²) in [6.45, 7) is 2.48. The quantitative estimate of drug-likeness (QED) is 0.870. The predicted octanol–water partition coefficient (Wildman–Crippen LogP) is 1.83. The molecular formula is C12H17NO2S. The van der Waals surface area contributed by atoms with E-state index in [0.29, 0.717) is 12.3 Å². The summed E-state index contributed by atoms with van der Waals surface area (Å²) in [5.74, 6) is 0.731. The van der Waals surface area contributed by atoms with Gasteiger partial charge in [-0.05, 0) is 30.2 Å². The van der Waals surface area contributed by atoms with E-state index in [1.54, 1.807) is 11.3 Å². The van der Waals surface area contributed by atoms with Gasteiger partial charge in [-0.3, -0.25) is 4.79 Å². The molecule has 1 aromatic heterocycles. The maximum absolute atomic E-state index is 11.6. The molecule has 0 aliphatic carbocycles. The molecule has 3 nitrogen and oxygen atoms in total. The summed E-state index contributed by atoms with van der Waals surface area (Å²) in [7, 11) is 0. The van der Waals surface area contributed by atoms with Crippen LogP contribution in [-0.2, 0) is 16.0 Å². The lowest BCUT2D eigenvalue weighted by Crippen LogP contribution is -2.32. The number of carbonyl (C=O) groups is 1. The first kappa shape index (κ1) is 11.6. The lowest BCUT2D eigenvalue weighted by molar-refractivity contribution is -0.120. The molecule has 0 radical (unpaired) electrons. The van der Waals surface area contributed by atoms with Crippen molar-refractivity contribution in [2.24, 2.45) is 5.92 Å². The Bertz CT molecular complexity index is 318. The van der Waals surface area contributed by atoms with Gasteiger partial charge in [0.15, 0.2) is 0 Å². The van der Waals surface area contributed by atoms with Crippen molar-refractivity contribution >= 4 is 17.2 Å². The molecule has 2 heterocycles. The average molecular weight is 239 g/mol. The Hall–Kier alpha value is -0.870.